The lowest BCUT2D eigenvalue weighted by Gasteiger charge is -2.01. The highest BCUT2D eigenvalue weighted by molar-refractivity contribution is 8.10. The van der Waals surface area contributed by atoms with Gasteiger partial charge in [-0.15, -0.1) is 11.8 Å². The van der Waals surface area contributed by atoms with Crippen LogP contribution in [0.15, 0.2) is 46.6 Å². The summed E-state index contributed by atoms with van der Waals surface area (Å²) in [6.07, 6.45) is 4.60. The van der Waals surface area contributed by atoms with Crippen molar-refractivity contribution < 1.29 is 4.74 Å². The van der Waals surface area contributed by atoms with E-state index >= 15 is 0 Å². The standard InChI is InChI=1S/C16H14N2O2S/c1-20-16-12(10-11-6-3-2-4-7-11)17-15(19)14(18-16)13-8-5-9-21-13/h2-7,9-10H,8H2,1H3,(H,17,19)/b12-10-,14-13-. The van der Waals surface area contributed by atoms with E-state index < -0.39 is 0 Å². The Morgan fingerprint density at radius 1 is 1.33 bits per heavy atom. The van der Waals surface area contributed by atoms with Crippen LogP contribution in [0.5, 0.6) is 5.88 Å². The van der Waals surface area contributed by atoms with E-state index in [1.165, 1.54) is 11.8 Å². The van der Waals surface area contributed by atoms with E-state index in [9.17, 15) is 4.79 Å². The third-order valence-corrected chi connectivity index (χ3v) is 4.06. The Morgan fingerprint density at radius 3 is 2.81 bits per heavy atom. The number of hydrogen-bond donors (Lipinski definition) is 1. The average molecular weight is 298 g/mol. The van der Waals surface area contributed by atoms with Crippen LogP contribution in [0.4, 0.5) is 0 Å². The minimum Gasteiger partial charge on any atom is -0.479 e. The molecule has 5 heteroatoms. The van der Waals surface area contributed by atoms with Gasteiger partial charge in [0.1, 0.15) is 10.7 Å². The van der Waals surface area contributed by atoms with Gasteiger partial charge in [-0.05, 0) is 23.5 Å². The first-order chi connectivity index (χ1) is 10.3. The molecule has 1 aromatic carbocycles. The molecule has 0 atom stereocenters. The number of benzene rings is 1. The molecule has 106 valence electrons. The second-order valence-electron chi connectivity index (χ2n) is 4.51. The summed E-state index contributed by atoms with van der Waals surface area (Å²) in [4.78, 5) is 20.4. The van der Waals surface area contributed by atoms with E-state index in [1.54, 1.807) is 7.11 Å². The maximum Gasteiger partial charge on any atom is 0.275 e. The number of aromatic nitrogens is 2. The molecular weight excluding hydrogens is 284 g/mol. The van der Waals surface area contributed by atoms with Gasteiger partial charge in [-0.3, -0.25) is 4.79 Å². The predicted octanol–water partition coefficient (Wildman–Crippen LogP) is 1.37. The van der Waals surface area contributed by atoms with Crippen molar-refractivity contribution in [3.05, 3.63) is 68.4 Å². The molecule has 1 aliphatic heterocycles. The summed E-state index contributed by atoms with van der Waals surface area (Å²) in [6.45, 7) is 0. The van der Waals surface area contributed by atoms with E-state index in [0.29, 0.717) is 16.6 Å². The molecule has 0 radical (unpaired) electrons. The van der Waals surface area contributed by atoms with Gasteiger partial charge < -0.3 is 9.72 Å². The summed E-state index contributed by atoms with van der Waals surface area (Å²) in [5, 5.41) is 2.98. The predicted molar refractivity (Wildman–Crippen MR) is 85.4 cm³/mol. The molecule has 3 rings (SSSR count). The summed E-state index contributed by atoms with van der Waals surface area (Å²) < 4.78 is 5.32. The number of nitrogens with one attached hydrogen (secondary N) is 1. The quantitative estimate of drug-likeness (QED) is 0.910. The summed E-state index contributed by atoms with van der Waals surface area (Å²) in [5.74, 6) is 0.424. The zero-order valence-electron chi connectivity index (χ0n) is 11.5. The third-order valence-electron chi connectivity index (χ3n) is 3.08. The molecule has 1 aromatic heterocycles. The molecule has 0 saturated heterocycles. The number of aromatic amines is 1. The smallest absolute Gasteiger partial charge is 0.275 e. The van der Waals surface area contributed by atoms with Crippen LogP contribution >= 0.6 is 11.8 Å². The summed E-state index contributed by atoms with van der Waals surface area (Å²) in [5.41, 5.74) is 0.787. The highest BCUT2D eigenvalue weighted by atomic mass is 32.2. The average Bonchev–Trinajstić information content (AvgIpc) is 3.03. The van der Waals surface area contributed by atoms with Crippen LogP contribution in [0, 0.1) is 0 Å². The summed E-state index contributed by atoms with van der Waals surface area (Å²) in [6, 6.07) is 9.73. The first kappa shape index (κ1) is 13.7. The van der Waals surface area contributed by atoms with E-state index in [1.807, 2.05) is 47.9 Å². The first-order valence-electron chi connectivity index (χ1n) is 6.54. The Hall–Kier alpha value is -2.27. The van der Waals surface area contributed by atoms with Gasteiger partial charge in [0.05, 0.1) is 7.11 Å². The zero-order valence-corrected chi connectivity index (χ0v) is 12.3. The largest absolute Gasteiger partial charge is 0.479 e. The molecule has 2 heterocycles. The van der Waals surface area contributed by atoms with Crippen molar-refractivity contribution in [3.63, 3.8) is 0 Å². The summed E-state index contributed by atoms with van der Waals surface area (Å²) in [7, 11) is 1.55. The number of H-pyrrole nitrogens is 1. The molecule has 1 aliphatic rings. The number of allylic oxidation sites excluding steroid dienone is 1. The zero-order chi connectivity index (χ0) is 14.7. The van der Waals surface area contributed by atoms with Crippen LogP contribution < -0.4 is 21.0 Å². The van der Waals surface area contributed by atoms with Gasteiger partial charge >= 0.3 is 0 Å². The molecule has 0 fully saturated rings. The number of rotatable bonds is 2. The van der Waals surface area contributed by atoms with Crippen molar-refractivity contribution >= 4 is 22.7 Å². The molecular formula is C16H14N2O2S. The Bertz CT molecular complexity index is 844. The summed E-state index contributed by atoms with van der Waals surface area (Å²) >= 11 is 1.53. The maximum absolute atomic E-state index is 12.2. The minimum absolute atomic E-state index is 0.191. The molecule has 21 heavy (non-hydrogen) atoms. The Balaban J connectivity index is 2.20. The number of hydrogen-bond acceptors (Lipinski definition) is 4. The Labute approximate surface area is 125 Å². The Morgan fingerprint density at radius 2 is 2.14 bits per heavy atom. The van der Waals surface area contributed by atoms with Crippen molar-refractivity contribution in [3.8, 4) is 5.88 Å². The lowest BCUT2D eigenvalue weighted by molar-refractivity contribution is 0.389. The van der Waals surface area contributed by atoms with Gasteiger partial charge in [0, 0.05) is 4.91 Å². The lowest BCUT2D eigenvalue weighted by Crippen LogP contribution is -2.38. The van der Waals surface area contributed by atoms with E-state index in [4.69, 9.17) is 4.74 Å². The second-order valence-corrected chi connectivity index (χ2v) is 5.51. The van der Waals surface area contributed by atoms with E-state index in [2.05, 4.69) is 9.97 Å². The molecule has 2 aromatic rings. The number of thioether (sulfide) groups is 1. The number of nitrogens with zero attached hydrogens (tertiary/aromatic N) is 1. The van der Waals surface area contributed by atoms with Crippen LogP contribution in [0.1, 0.15) is 12.0 Å². The minimum atomic E-state index is -0.191. The van der Waals surface area contributed by atoms with Crippen LogP contribution in [0.3, 0.4) is 0 Å². The fourth-order valence-corrected chi connectivity index (χ4v) is 2.89. The fourth-order valence-electron chi connectivity index (χ4n) is 2.09. The second kappa shape index (κ2) is 6.01. The van der Waals surface area contributed by atoms with Crippen molar-refractivity contribution in [2.24, 2.45) is 0 Å². The van der Waals surface area contributed by atoms with Crippen molar-refractivity contribution in [1.82, 2.24) is 9.97 Å². The molecule has 0 unspecified atom stereocenters. The third kappa shape index (κ3) is 2.92. The van der Waals surface area contributed by atoms with Gasteiger partial charge in [-0.2, -0.15) is 0 Å². The lowest BCUT2D eigenvalue weighted by atomic mass is 10.2. The molecule has 0 amide bonds. The SMILES string of the molecule is COc1n/c(=C2/CC=CS2)c(=O)[nH]/c1=C\c1ccccc1. The Kier molecular flexibility index (Phi) is 3.92. The van der Waals surface area contributed by atoms with E-state index in [0.717, 1.165) is 16.9 Å². The molecule has 0 aliphatic carbocycles. The van der Waals surface area contributed by atoms with Crippen LogP contribution in [-0.2, 0) is 0 Å². The van der Waals surface area contributed by atoms with Crippen LogP contribution in [-0.4, -0.2) is 17.1 Å². The van der Waals surface area contributed by atoms with Crippen molar-refractivity contribution in [2.75, 3.05) is 7.11 Å². The molecule has 0 spiro atoms. The molecule has 1 N–H and O–H groups in total. The van der Waals surface area contributed by atoms with Gasteiger partial charge in [0.2, 0.25) is 5.88 Å². The molecule has 0 saturated carbocycles. The van der Waals surface area contributed by atoms with Gasteiger partial charge in [0.25, 0.3) is 5.56 Å². The van der Waals surface area contributed by atoms with Crippen LogP contribution in [0.2, 0.25) is 0 Å². The fraction of sp³-hybridized carbons (Fsp3) is 0.125. The van der Waals surface area contributed by atoms with Crippen molar-refractivity contribution in [1.29, 1.82) is 0 Å². The monoisotopic (exact) mass is 298 g/mol. The molecule has 4 nitrogen and oxygen atoms in total. The van der Waals surface area contributed by atoms with Crippen LogP contribution in [0.25, 0.3) is 11.0 Å². The molecule has 0 bridgehead atoms. The highest BCUT2D eigenvalue weighted by Gasteiger charge is 2.08. The van der Waals surface area contributed by atoms with E-state index in [-0.39, 0.29) is 5.56 Å². The first-order valence-corrected chi connectivity index (χ1v) is 7.42. The maximum atomic E-state index is 12.2. The number of methoxy groups -OCH3 is 1. The van der Waals surface area contributed by atoms with Gasteiger partial charge in [0.15, 0.2) is 0 Å². The number of ether oxygens (including phenoxy) is 1. The normalized spacial score (nSPS) is 17.3. The van der Waals surface area contributed by atoms with Gasteiger partial charge in [-0.1, -0.05) is 36.4 Å². The van der Waals surface area contributed by atoms with Gasteiger partial charge in [-0.25, -0.2) is 4.98 Å². The topological polar surface area (TPSA) is 55.0 Å². The highest BCUT2D eigenvalue weighted by Crippen LogP contribution is 2.27. The van der Waals surface area contributed by atoms with Crippen molar-refractivity contribution in [2.45, 2.75) is 6.42 Å².